The quantitative estimate of drug-likeness (QED) is 0.647. The van der Waals surface area contributed by atoms with Crippen molar-refractivity contribution in [1.29, 1.82) is 5.26 Å². The molecule has 0 unspecified atom stereocenters. The van der Waals surface area contributed by atoms with Crippen LogP contribution in [0.5, 0.6) is 0 Å². The van der Waals surface area contributed by atoms with Gasteiger partial charge in [0.15, 0.2) is 0 Å². The lowest BCUT2D eigenvalue weighted by Gasteiger charge is -2.05. The summed E-state index contributed by atoms with van der Waals surface area (Å²) in [5, 5.41) is 9.19. The minimum absolute atomic E-state index is 0.689. The molecule has 0 N–H and O–H groups in total. The molecule has 3 aromatic heterocycles. The molecule has 0 aromatic carbocycles. The lowest BCUT2D eigenvalue weighted by atomic mass is 10.1. The van der Waals surface area contributed by atoms with E-state index in [0.717, 1.165) is 22.5 Å². The highest BCUT2D eigenvalue weighted by Crippen LogP contribution is 2.27. The molecule has 0 aliphatic rings. The maximum Gasteiger partial charge on any atom is 0.101 e. The summed E-state index contributed by atoms with van der Waals surface area (Å²) in [6, 6.07) is 13.9. The van der Waals surface area contributed by atoms with Gasteiger partial charge in [0.05, 0.1) is 16.8 Å². The Morgan fingerprint density at radius 1 is 1.22 bits per heavy atom. The molecule has 0 fully saturated rings. The molecule has 3 aromatic rings. The normalized spacial score (nSPS) is 10.4. The second-order valence-corrected chi connectivity index (χ2v) is 4.15. The van der Waals surface area contributed by atoms with Crippen LogP contribution in [0, 0.1) is 18.3 Å². The maximum absolute atomic E-state index is 9.19. The molecule has 3 rings (SSSR count). The fourth-order valence-electron chi connectivity index (χ4n) is 2.20. The molecule has 0 radical (unpaired) electrons. The van der Waals surface area contributed by atoms with Crippen molar-refractivity contribution in [1.82, 2.24) is 9.38 Å². The predicted molar refractivity (Wildman–Crippen MR) is 70.1 cm³/mol. The molecule has 0 bridgehead atoms. The fraction of sp³-hybridized carbons (Fsp3) is 0.0667. The molecule has 86 valence electrons. The highest BCUT2D eigenvalue weighted by Gasteiger charge is 2.11. The Hall–Kier alpha value is -2.60. The average molecular weight is 233 g/mol. The summed E-state index contributed by atoms with van der Waals surface area (Å²) in [4.78, 5) is 4.30. The van der Waals surface area contributed by atoms with Gasteiger partial charge >= 0.3 is 0 Å². The van der Waals surface area contributed by atoms with E-state index in [-0.39, 0.29) is 0 Å². The largest absolute Gasteiger partial charge is 0.315 e. The van der Waals surface area contributed by atoms with Crippen molar-refractivity contribution in [3.63, 3.8) is 0 Å². The Bertz CT molecular complexity index is 763. The molecule has 0 spiro atoms. The van der Waals surface area contributed by atoms with E-state index in [0.29, 0.717) is 5.56 Å². The van der Waals surface area contributed by atoms with Crippen molar-refractivity contribution >= 4 is 5.52 Å². The van der Waals surface area contributed by atoms with Crippen LogP contribution in [0.2, 0.25) is 0 Å². The minimum atomic E-state index is 0.689. The number of pyridine rings is 2. The lowest BCUT2D eigenvalue weighted by Crippen LogP contribution is -1.91. The molecule has 18 heavy (non-hydrogen) atoms. The monoisotopic (exact) mass is 233 g/mol. The van der Waals surface area contributed by atoms with Gasteiger partial charge in [0, 0.05) is 23.7 Å². The van der Waals surface area contributed by atoms with Gasteiger partial charge in [-0.05, 0) is 37.3 Å². The molecular formula is C15H11N3. The van der Waals surface area contributed by atoms with Crippen molar-refractivity contribution in [2.45, 2.75) is 6.92 Å². The number of hydrogen-bond acceptors (Lipinski definition) is 2. The van der Waals surface area contributed by atoms with E-state index >= 15 is 0 Å². The number of nitriles is 1. The maximum atomic E-state index is 9.19. The summed E-state index contributed by atoms with van der Waals surface area (Å²) in [5.74, 6) is 0. The van der Waals surface area contributed by atoms with Gasteiger partial charge < -0.3 is 4.40 Å². The first-order chi connectivity index (χ1) is 8.81. The smallest absolute Gasteiger partial charge is 0.101 e. The summed E-state index contributed by atoms with van der Waals surface area (Å²) >= 11 is 0. The van der Waals surface area contributed by atoms with Crippen LogP contribution < -0.4 is 0 Å². The van der Waals surface area contributed by atoms with Gasteiger partial charge in [0.1, 0.15) is 6.07 Å². The van der Waals surface area contributed by atoms with E-state index in [9.17, 15) is 5.26 Å². The van der Waals surface area contributed by atoms with E-state index in [1.807, 2.05) is 53.9 Å². The number of hydrogen-bond donors (Lipinski definition) is 0. The topological polar surface area (TPSA) is 41.1 Å². The summed E-state index contributed by atoms with van der Waals surface area (Å²) in [6.45, 7) is 1.98. The SMILES string of the molecule is Cc1ncccc1-c1cc(C#N)c2ccccn12. The van der Waals surface area contributed by atoms with Crippen molar-refractivity contribution in [3.05, 3.63) is 60.0 Å². The Labute approximate surface area is 105 Å². The van der Waals surface area contributed by atoms with Crippen LogP contribution >= 0.6 is 0 Å². The predicted octanol–water partition coefficient (Wildman–Crippen LogP) is 3.18. The number of aryl methyl sites for hydroxylation is 1. The van der Waals surface area contributed by atoms with Crippen LogP contribution in [-0.2, 0) is 0 Å². The number of rotatable bonds is 1. The Morgan fingerprint density at radius 3 is 2.89 bits per heavy atom. The van der Waals surface area contributed by atoms with E-state index in [2.05, 4.69) is 11.1 Å². The summed E-state index contributed by atoms with van der Waals surface area (Å²) < 4.78 is 2.03. The van der Waals surface area contributed by atoms with Crippen LogP contribution in [0.3, 0.4) is 0 Å². The molecule has 0 amide bonds. The molecule has 3 heterocycles. The third-order valence-electron chi connectivity index (χ3n) is 3.08. The highest BCUT2D eigenvalue weighted by atomic mass is 14.9. The van der Waals surface area contributed by atoms with Gasteiger partial charge in [-0.3, -0.25) is 4.98 Å². The molecule has 0 saturated carbocycles. The second kappa shape index (κ2) is 4.01. The van der Waals surface area contributed by atoms with Gasteiger partial charge in [0.25, 0.3) is 0 Å². The van der Waals surface area contributed by atoms with Gasteiger partial charge in [-0.15, -0.1) is 0 Å². The number of aromatic nitrogens is 2. The first kappa shape index (κ1) is 10.5. The van der Waals surface area contributed by atoms with E-state index in [4.69, 9.17) is 0 Å². The van der Waals surface area contributed by atoms with Crippen molar-refractivity contribution in [2.75, 3.05) is 0 Å². The third-order valence-corrected chi connectivity index (χ3v) is 3.08. The Balaban J connectivity index is 2.38. The van der Waals surface area contributed by atoms with Crippen LogP contribution in [0.15, 0.2) is 48.8 Å². The number of nitrogens with zero attached hydrogens (tertiary/aromatic N) is 3. The number of fused-ring (bicyclic) bond motifs is 1. The average Bonchev–Trinajstić information content (AvgIpc) is 2.78. The van der Waals surface area contributed by atoms with Gasteiger partial charge in [-0.25, -0.2) is 0 Å². The highest BCUT2D eigenvalue weighted by molar-refractivity contribution is 5.74. The van der Waals surface area contributed by atoms with Crippen LogP contribution in [0.25, 0.3) is 16.8 Å². The zero-order valence-corrected chi connectivity index (χ0v) is 9.96. The zero-order valence-electron chi connectivity index (χ0n) is 9.96. The Morgan fingerprint density at radius 2 is 2.11 bits per heavy atom. The molecule has 0 saturated heterocycles. The van der Waals surface area contributed by atoms with E-state index < -0.39 is 0 Å². The molecule has 0 atom stereocenters. The Kier molecular flexibility index (Phi) is 2.35. The minimum Gasteiger partial charge on any atom is -0.315 e. The van der Waals surface area contributed by atoms with Crippen LogP contribution in [0.1, 0.15) is 11.3 Å². The summed E-state index contributed by atoms with van der Waals surface area (Å²) in [5.41, 5.74) is 4.64. The van der Waals surface area contributed by atoms with Gasteiger partial charge in [0.2, 0.25) is 0 Å². The van der Waals surface area contributed by atoms with Gasteiger partial charge in [-0.2, -0.15) is 5.26 Å². The fourth-order valence-corrected chi connectivity index (χ4v) is 2.20. The van der Waals surface area contributed by atoms with Crippen molar-refractivity contribution < 1.29 is 0 Å². The molecule has 3 nitrogen and oxygen atoms in total. The molecule has 0 aliphatic carbocycles. The van der Waals surface area contributed by atoms with Gasteiger partial charge in [-0.1, -0.05) is 6.07 Å². The third kappa shape index (κ3) is 1.47. The molecule has 0 aliphatic heterocycles. The lowest BCUT2D eigenvalue weighted by molar-refractivity contribution is 1.16. The first-order valence-corrected chi connectivity index (χ1v) is 5.73. The van der Waals surface area contributed by atoms with E-state index in [1.54, 1.807) is 6.20 Å². The second-order valence-electron chi connectivity index (χ2n) is 4.15. The van der Waals surface area contributed by atoms with E-state index in [1.165, 1.54) is 0 Å². The summed E-state index contributed by atoms with van der Waals surface area (Å²) in [7, 11) is 0. The first-order valence-electron chi connectivity index (χ1n) is 5.73. The van der Waals surface area contributed by atoms with Crippen molar-refractivity contribution in [2.24, 2.45) is 0 Å². The summed E-state index contributed by atoms with van der Waals surface area (Å²) in [6.07, 6.45) is 3.75. The van der Waals surface area contributed by atoms with Crippen LogP contribution in [0.4, 0.5) is 0 Å². The van der Waals surface area contributed by atoms with Crippen molar-refractivity contribution in [3.8, 4) is 17.3 Å². The molecular weight excluding hydrogens is 222 g/mol. The van der Waals surface area contributed by atoms with Crippen LogP contribution in [-0.4, -0.2) is 9.38 Å². The zero-order chi connectivity index (χ0) is 12.5. The molecule has 3 heteroatoms. The standard InChI is InChI=1S/C15H11N3/c1-11-13(5-4-7-17-11)15-9-12(10-16)14-6-2-3-8-18(14)15/h2-9H,1H3.